The molecule has 0 aliphatic heterocycles. The molecule has 21 heavy (non-hydrogen) atoms. The topological polar surface area (TPSA) is 95.1 Å². The van der Waals surface area contributed by atoms with Gasteiger partial charge in [0.25, 0.3) is 5.91 Å². The summed E-state index contributed by atoms with van der Waals surface area (Å²) >= 11 is 0. The molecule has 1 aromatic carbocycles. The van der Waals surface area contributed by atoms with E-state index in [0.717, 1.165) is 0 Å². The van der Waals surface area contributed by atoms with Gasteiger partial charge in [-0.3, -0.25) is 9.78 Å². The fourth-order valence-electron chi connectivity index (χ4n) is 2.02. The highest BCUT2D eigenvalue weighted by Crippen LogP contribution is 2.20. The van der Waals surface area contributed by atoms with E-state index < -0.39 is 5.97 Å². The lowest BCUT2D eigenvalue weighted by Gasteiger charge is -2.04. The number of aromatic nitrogens is 2. The number of carbonyl (C=O) groups is 2. The number of fused-ring (bicyclic) bond motifs is 1. The summed E-state index contributed by atoms with van der Waals surface area (Å²) in [6.45, 7) is 0. The lowest BCUT2D eigenvalue weighted by atomic mass is 10.2. The summed E-state index contributed by atoms with van der Waals surface area (Å²) in [5, 5.41) is 12.4. The Labute approximate surface area is 119 Å². The van der Waals surface area contributed by atoms with Crippen LogP contribution in [0.3, 0.4) is 0 Å². The third kappa shape index (κ3) is 2.59. The molecule has 0 spiro atoms. The summed E-state index contributed by atoms with van der Waals surface area (Å²) < 4.78 is 0. The van der Waals surface area contributed by atoms with E-state index in [0.29, 0.717) is 22.3 Å². The normalized spacial score (nSPS) is 10.5. The fourth-order valence-corrected chi connectivity index (χ4v) is 2.02. The molecule has 0 radical (unpaired) electrons. The summed E-state index contributed by atoms with van der Waals surface area (Å²) in [7, 11) is 0. The average molecular weight is 281 g/mol. The molecule has 3 N–H and O–H groups in total. The van der Waals surface area contributed by atoms with Gasteiger partial charge in [0, 0.05) is 22.8 Å². The second-order valence-corrected chi connectivity index (χ2v) is 4.46. The maximum atomic E-state index is 12.0. The van der Waals surface area contributed by atoms with Crippen LogP contribution in [0.1, 0.15) is 21.0 Å². The van der Waals surface area contributed by atoms with Crippen molar-refractivity contribution < 1.29 is 14.7 Å². The van der Waals surface area contributed by atoms with Crippen LogP contribution in [-0.4, -0.2) is 27.0 Å². The first-order chi connectivity index (χ1) is 10.1. The number of benzene rings is 1. The Hall–Kier alpha value is -3.15. The highest BCUT2D eigenvalue weighted by Gasteiger charge is 2.10. The van der Waals surface area contributed by atoms with E-state index in [4.69, 9.17) is 5.11 Å². The van der Waals surface area contributed by atoms with Gasteiger partial charge in [0.05, 0.1) is 0 Å². The largest absolute Gasteiger partial charge is 0.477 e. The van der Waals surface area contributed by atoms with Crippen LogP contribution in [0.25, 0.3) is 10.9 Å². The first-order valence-corrected chi connectivity index (χ1v) is 6.22. The summed E-state index contributed by atoms with van der Waals surface area (Å²) in [4.78, 5) is 29.6. The molecule has 0 aliphatic carbocycles. The molecule has 0 bridgehead atoms. The van der Waals surface area contributed by atoms with E-state index in [1.807, 2.05) is 0 Å². The molecular formula is C15H11N3O3. The summed E-state index contributed by atoms with van der Waals surface area (Å²) in [6.07, 6.45) is 1.55. The van der Waals surface area contributed by atoms with Gasteiger partial charge in [0.2, 0.25) is 0 Å². The van der Waals surface area contributed by atoms with Gasteiger partial charge in [-0.25, -0.2) is 4.79 Å². The van der Waals surface area contributed by atoms with Crippen LogP contribution < -0.4 is 5.32 Å². The molecule has 0 saturated carbocycles. The number of carboxylic acid groups (broad SMARTS) is 1. The molecule has 0 fully saturated rings. The maximum Gasteiger partial charge on any atom is 0.352 e. The van der Waals surface area contributed by atoms with Gasteiger partial charge < -0.3 is 15.4 Å². The number of aromatic carboxylic acids is 1. The molecule has 3 aromatic rings. The van der Waals surface area contributed by atoms with Crippen LogP contribution in [-0.2, 0) is 0 Å². The third-order valence-corrected chi connectivity index (χ3v) is 3.01. The van der Waals surface area contributed by atoms with Gasteiger partial charge in [-0.15, -0.1) is 0 Å². The van der Waals surface area contributed by atoms with Crippen LogP contribution in [0.4, 0.5) is 5.69 Å². The van der Waals surface area contributed by atoms with E-state index in [9.17, 15) is 9.59 Å². The zero-order valence-electron chi connectivity index (χ0n) is 10.8. The van der Waals surface area contributed by atoms with E-state index in [-0.39, 0.29) is 11.6 Å². The third-order valence-electron chi connectivity index (χ3n) is 3.01. The predicted molar refractivity (Wildman–Crippen MR) is 77.4 cm³/mol. The number of aromatic amines is 1. The Balaban J connectivity index is 1.87. The quantitative estimate of drug-likeness (QED) is 0.687. The minimum absolute atomic E-state index is 0.109. The second-order valence-electron chi connectivity index (χ2n) is 4.46. The minimum Gasteiger partial charge on any atom is -0.477 e. The fraction of sp³-hybridized carbons (Fsp3) is 0. The number of rotatable bonds is 3. The molecule has 3 rings (SSSR count). The first kappa shape index (κ1) is 12.9. The Morgan fingerprint density at radius 2 is 2.00 bits per heavy atom. The summed E-state index contributed by atoms with van der Waals surface area (Å²) in [5.74, 6) is -1.34. The van der Waals surface area contributed by atoms with Crippen LogP contribution in [0.5, 0.6) is 0 Å². The van der Waals surface area contributed by atoms with Crippen molar-refractivity contribution in [2.24, 2.45) is 0 Å². The molecule has 6 nitrogen and oxygen atoms in total. The van der Waals surface area contributed by atoms with Crippen molar-refractivity contribution in [2.45, 2.75) is 0 Å². The van der Waals surface area contributed by atoms with Crippen molar-refractivity contribution in [2.75, 3.05) is 5.32 Å². The molecule has 2 heterocycles. The van der Waals surface area contributed by atoms with Crippen LogP contribution in [0, 0.1) is 0 Å². The lowest BCUT2D eigenvalue weighted by molar-refractivity contribution is 0.0691. The summed E-state index contributed by atoms with van der Waals surface area (Å²) in [5.41, 5.74) is 1.70. The Kier molecular flexibility index (Phi) is 3.12. The van der Waals surface area contributed by atoms with Crippen LogP contribution in [0.2, 0.25) is 0 Å². The second kappa shape index (κ2) is 5.09. The number of hydrogen-bond acceptors (Lipinski definition) is 3. The predicted octanol–water partition coefficient (Wildman–Crippen LogP) is 2.51. The molecule has 0 unspecified atom stereocenters. The Morgan fingerprint density at radius 1 is 1.14 bits per heavy atom. The Morgan fingerprint density at radius 3 is 2.71 bits per heavy atom. The number of amides is 1. The molecule has 0 saturated heterocycles. The van der Waals surface area contributed by atoms with E-state index >= 15 is 0 Å². The number of pyridine rings is 1. The molecule has 0 atom stereocenters. The van der Waals surface area contributed by atoms with Crippen molar-refractivity contribution >= 4 is 28.5 Å². The monoisotopic (exact) mass is 281 g/mol. The van der Waals surface area contributed by atoms with Gasteiger partial charge in [0.15, 0.2) is 0 Å². The van der Waals surface area contributed by atoms with Crippen molar-refractivity contribution in [1.29, 1.82) is 0 Å². The molecule has 0 aliphatic rings. The van der Waals surface area contributed by atoms with E-state index in [2.05, 4.69) is 15.3 Å². The van der Waals surface area contributed by atoms with Gasteiger partial charge in [-0.1, -0.05) is 6.07 Å². The van der Waals surface area contributed by atoms with Gasteiger partial charge in [0.1, 0.15) is 11.4 Å². The SMILES string of the molecule is O=C(Nc1ccc2[nH]c(C(=O)O)cc2c1)c1ccccn1. The number of carboxylic acids is 1. The average Bonchev–Trinajstić information content (AvgIpc) is 2.91. The van der Waals surface area contributed by atoms with Gasteiger partial charge in [-0.05, 0) is 36.4 Å². The lowest BCUT2D eigenvalue weighted by Crippen LogP contribution is -2.13. The number of hydrogen-bond donors (Lipinski definition) is 3. The Bertz CT molecular complexity index is 825. The summed E-state index contributed by atoms with van der Waals surface area (Å²) in [6, 6.07) is 11.7. The van der Waals surface area contributed by atoms with Crippen molar-refractivity contribution in [3.8, 4) is 0 Å². The van der Waals surface area contributed by atoms with Crippen molar-refractivity contribution in [3.05, 3.63) is 60.0 Å². The zero-order chi connectivity index (χ0) is 14.8. The number of H-pyrrole nitrogens is 1. The number of anilines is 1. The maximum absolute atomic E-state index is 12.0. The highest BCUT2D eigenvalue weighted by molar-refractivity contribution is 6.04. The number of carbonyl (C=O) groups excluding carboxylic acids is 1. The molecule has 2 aromatic heterocycles. The van der Waals surface area contributed by atoms with E-state index in [1.165, 1.54) is 6.07 Å². The van der Waals surface area contributed by atoms with Crippen molar-refractivity contribution in [3.63, 3.8) is 0 Å². The van der Waals surface area contributed by atoms with Gasteiger partial charge in [-0.2, -0.15) is 0 Å². The van der Waals surface area contributed by atoms with Gasteiger partial charge >= 0.3 is 5.97 Å². The van der Waals surface area contributed by atoms with Crippen LogP contribution in [0.15, 0.2) is 48.7 Å². The van der Waals surface area contributed by atoms with Crippen molar-refractivity contribution in [1.82, 2.24) is 9.97 Å². The molecule has 6 heteroatoms. The van der Waals surface area contributed by atoms with E-state index in [1.54, 1.807) is 42.6 Å². The van der Waals surface area contributed by atoms with Crippen LogP contribution >= 0.6 is 0 Å². The number of nitrogens with zero attached hydrogens (tertiary/aromatic N) is 1. The molecule has 104 valence electrons. The molecule has 1 amide bonds. The minimum atomic E-state index is -1.02. The molecular weight excluding hydrogens is 270 g/mol. The smallest absolute Gasteiger partial charge is 0.352 e. The number of nitrogens with one attached hydrogen (secondary N) is 2. The first-order valence-electron chi connectivity index (χ1n) is 6.22. The zero-order valence-corrected chi connectivity index (χ0v) is 10.8. The highest BCUT2D eigenvalue weighted by atomic mass is 16.4. The standard InChI is InChI=1S/C15H11N3O3/c19-14(12-3-1-2-6-16-12)17-10-4-5-11-9(7-10)8-13(18-11)15(20)21/h1-8,18H,(H,17,19)(H,20,21).